The Bertz CT molecular complexity index is 4960. The molecule has 0 unspecified atom stereocenters. The number of aromatic nitrogens is 4. The first-order chi connectivity index (χ1) is 43.3. The number of benzene rings is 4. The van der Waals surface area contributed by atoms with Crippen molar-refractivity contribution >= 4 is 160 Å². The van der Waals surface area contributed by atoms with Gasteiger partial charge in [-0.15, -0.1) is 0 Å². The molecule has 0 saturated heterocycles. The average molecular weight is 1480 g/mol. The number of fused-ring (bicyclic) bond motifs is 12. The molecular formula is C65H63BrF2N8O10S4Sn. The van der Waals surface area contributed by atoms with Gasteiger partial charge in [0.05, 0.1) is 51.9 Å². The molecule has 0 spiro atoms. The summed E-state index contributed by atoms with van der Waals surface area (Å²) >= 11 is 4.80. The van der Waals surface area contributed by atoms with Crippen LogP contribution in [0.1, 0.15) is 45.1 Å². The van der Waals surface area contributed by atoms with Crippen LogP contribution in [0, 0.1) is 11.6 Å². The molecule has 0 fully saturated rings. The van der Waals surface area contributed by atoms with Gasteiger partial charge in [-0.3, -0.25) is 18.2 Å². The molecule has 6 aromatic heterocycles. The van der Waals surface area contributed by atoms with Crippen LogP contribution in [0.15, 0.2) is 123 Å². The first-order valence-electron chi connectivity index (χ1n) is 28.9. The van der Waals surface area contributed by atoms with Gasteiger partial charge in [0, 0.05) is 78.0 Å². The summed E-state index contributed by atoms with van der Waals surface area (Å²) in [6.07, 6.45) is 7.98. The maximum absolute atomic E-state index is 14.7. The number of ether oxygens (including phenoxy) is 2. The number of amides is 2. The second-order valence-corrected chi connectivity index (χ2v) is 44.6. The molecule has 26 heteroatoms. The fourth-order valence-corrected chi connectivity index (χ4v) is 17.8. The topological polar surface area (TPSA) is 213 Å². The van der Waals surface area contributed by atoms with E-state index in [-0.39, 0.29) is 30.2 Å². The molecule has 2 amide bonds. The van der Waals surface area contributed by atoms with Crippen molar-refractivity contribution in [3.05, 3.63) is 148 Å². The number of rotatable bonds is 10. The van der Waals surface area contributed by atoms with E-state index in [9.17, 15) is 35.2 Å². The van der Waals surface area contributed by atoms with Crippen LogP contribution in [0.2, 0.25) is 14.8 Å². The van der Waals surface area contributed by atoms with Crippen molar-refractivity contribution in [1.82, 2.24) is 29.7 Å². The molecule has 4 aromatic carbocycles. The van der Waals surface area contributed by atoms with Gasteiger partial charge in [0.1, 0.15) is 39.9 Å². The van der Waals surface area contributed by atoms with Crippen LogP contribution >= 0.6 is 39.5 Å². The molecule has 0 radical (unpaired) electrons. The van der Waals surface area contributed by atoms with E-state index in [4.69, 9.17) is 28.3 Å². The van der Waals surface area contributed by atoms with E-state index in [2.05, 4.69) is 59.6 Å². The van der Waals surface area contributed by atoms with Crippen molar-refractivity contribution in [1.29, 1.82) is 0 Å². The van der Waals surface area contributed by atoms with E-state index in [0.29, 0.717) is 112 Å². The minimum atomic E-state index is -3.69. The van der Waals surface area contributed by atoms with Crippen LogP contribution in [0.25, 0.3) is 88.9 Å². The van der Waals surface area contributed by atoms with Crippen LogP contribution in [-0.2, 0) is 33.5 Å². The monoisotopic (exact) mass is 1480 g/mol. The van der Waals surface area contributed by atoms with E-state index in [0.717, 1.165) is 82.2 Å². The molecule has 10 heterocycles. The van der Waals surface area contributed by atoms with E-state index >= 15 is 0 Å². The van der Waals surface area contributed by atoms with Gasteiger partial charge in [0.2, 0.25) is 20.0 Å². The molecule has 18 nitrogen and oxygen atoms in total. The Balaban J connectivity index is 0.000000142. The third-order valence-electron chi connectivity index (χ3n) is 16.4. The molecule has 10 aromatic rings. The number of nitrogens with one attached hydrogen (secondary N) is 2. The SMILES string of the molecule is CNC(=O)c1c(C2=CCSCC2)oc2cc(N(C)S(C)(=O)=O)c(-c3ccc4c(n3)-c3cc5c(F)cccc5n3CO4)cc12.CNC(=O)c1c(C2=CCSCC2)oc2cc(N(C)S(C)(=O)=O)c(Br)cc12.[CH3][Sn]([CH3])([CH3])[c]1ccc2c(n1)-c1cc3c(F)cccc3n1CO2. The van der Waals surface area contributed by atoms with Crippen LogP contribution in [0.3, 0.4) is 0 Å². The van der Waals surface area contributed by atoms with Gasteiger partial charge in [0.25, 0.3) is 11.8 Å². The van der Waals surface area contributed by atoms with E-state index in [1.807, 2.05) is 45.2 Å². The standard InChI is InChI=1S/C31H27FN4O5S2.C17H19BrN2O4S2.C14H8FN2O.3CH3.Sn/c1-33-31(37)28-20-13-19(24(35(2)43(3,38)39)15-27(20)41-30(28)17-9-11-42-12-10-17)22-7-8-26-29(34-22)25-14-18-21(32)5-4-6-23(18)36(25)16-40-26;1-19-17(21)15-11-8-12(18)13(20(2)26(3,22)23)9-14(11)24-16(15)10-4-6-25-7-5-10;15-10-3-1-4-11-9(10)7-12-14-13(5-2-6-16-14)18-8-17(11)12;;;;/h4-9,13-15H,10-12,16H2,1-3H3,(H,33,37);4,8-9H,5-7H2,1-3H3,(H,19,21);1-5,7H,8H2;3*1H3;. The second-order valence-electron chi connectivity index (χ2n) is 23.1. The Kier molecular flexibility index (Phi) is 17.5. The number of halogens is 3. The summed E-state index contributed by atoms with van der Waals surface area (Å²) in [5, 5.41) is 7.67. The molecule has 0 bridgehead atoms. The molecule has 4 aliphatic heterocycles. The molecule has 0 aliphatic carbocycles. The third kappa shape index (κ3) is 12.1. The Morgan fingerprint density at radius 1 is 0.626 bits per heavy atom. The summed E-state index contributed by atoms with van der Waals surface area (Å²) in [7, 11) is -1.02. The number of carbonyl (C=O) groups excluding carboxylic acids is 2. The van der Waals surface area contributed by atoms with Crippen molar-refractivity contribution in [2.24, 2.45) is 0 Å². The zero-order chi connectivity index (χ0) is 64.6. The maximum atomic E-state index is 14.7. The number of anilines is 2. The number of hydrogen-bond acceptors (Lipinski definition) is 14. The molecular weight excluding hydrogens is 1420 g/mol. The number of nitrogens with zero attached hydrogens (tertiary/aromatic N) is 6. The van der Waals surface area contributed by atoms with Crippen LogP contribution < -0.4 is 32.4 Å². The molecule has 0 saturated carbocycles. The summed E-state index contributed by atoms with van der Waals surface area (Å²) in [6, 6.07) is 28.1. The van der Waals surface area contributed by atoms with Crippen molar-refractivity contribution in [3.63, 3.8) is 0 Å². The Morgan fingerprint density at radius 3 is 1.57 bits per heavy atom. The van der Waals surface area contributed by atoms with E-state index < -0.39 is 38.4 Å². The van der Waals surface area contributed by atoms with Crippen molar-refractivity contribution in [2.75, 3.05) is 72.3 Å². The van der Waals surface area contributed by atoms with Gasteiger partial charge < -0.3 is 28.8 Å². The minimum absolute atomic E-state index is 0.200. The third-order valence-corrected chi connectivity index (χ3v) is 26.4. The van der Waals surface area contributed by atoms with Crippen LogP contribution in [-0.4, -0.2) is 130 Å². The number of allylic oxidation sites excluding steroid dienone is 2. The molecule has 91 heavy (non-hydrogen) atoms. The fraction of sp³-hybridized carbons (Fsp3) is 0.262. The van der Waals surface area contributed by atoms with Crippen molar-refractivity contribution in [3.8, 4) is 45.5 Å². The van der Waals surface area contributed by atoms with E-state index in [1.54, 1.807) is 80.5 Å². The number of thioether (sulfide) groups is 2. The summed E-state index contributed by atoms with van der Waals surface area (Å²) < 4.78 is 110. The molecule has 472 valence electrons. The quantitative estimate of drug-likeness (QED) is 0.122. The molecule has 2 N–H and O–H groups in total. The summed E-state index contributed by atoms with van der Waals surface area (Å²) in [4.78, 5) is 42.6. The van der Waals surface area contributed by atoms with E-state index in [1.165, 1.54) is 38.5 Å². The first kappa shape index (κ1) is 63.8. The number of hydrogen-bond donors (Lipinski definition) is 2. The average Bonchev–Trinajstić information content (AvgIpc) is 1.67. The van der Waals surface area contributed by atoms with Gasteiger partial charge in [-0.25, -0.2) is 26.2 Å². The van der Waals surface area contributed by atoms with Gasteiger partial charge >= 0.3 is 133 Å². The Hall–Kier alpha value is -7.30. The molecule has 4 aliphatic rings. The number of pyridine rings is 2. The number of furan rings is 2. The Morgan fingerprint density at radius 2 is 1.10 bits per heavy atom. The molecule has 14 rings (SSSR count). The fourth-order valence-electron chi connectivity index (χ4n) is 11.4. The predicted molar refractivity (Wildman–Crippen MR) is 367 cm³/mol. The van der Waals surface area contributed by atoms with Gasteiger partial charge in [-0.2, -0.15) is 23.5 Å². The van der Waals surface area contributed by atoms with Crippen molar-refractivity contribution in [2.45, 2.75) is 41.1 Å². The summed E-state index contributed by atoms with van der Waals surface area (Å²) in [6.45, 7) is 0.598. The summed E-state index contributed by atoms with van der Waals surface area (Å²) in [5.74, 6) is 4.86. The van der Waals surface area contributed by atoms with Crippen LogP contribution in [0.5, 0.6) is 11.5 Å². The summed E-state index contributed by atoms with van der Waals surface area (Å²) in [5.41, 5.74) is 9.91. The zero-order valence-electron chi connectivity index (χ0n) is 51.1. The van der Waals surface area contributed by atoms with Crippen LogP contribution in [0.4, 0.5) is 20.2 Å². The number of sulfonamides is 2. The first-order valence-corrected chi connectivity index (χ1v) is 45.7. The normalized spacial score (nSPS) is 14.5. The molecule has 0 atom stereocenters. The number of carbonyl (C=O) groups is 2. The second kappa shape index (κ2) is 25.0. The predicted octanol–water partition coefficient (Wildman–Crippen LogP) is 13.1. The Labute approximate surface area is 545 Å². The van der Waals surface area contributed by atoms with Crippen molar-refractivity contribution < 1.29 is 53.5 Å². The van der Waals surface area contributed by atoms with Gasteiger partial charge in [-0.05, 0) is 93.9 Å². The van der Waals surface area contributed by atoms with Gasteiger partial charge in [0.15, 0.2) is 6.73 Å². The van der Waals surface area contributed by atoms with Gasteiger partial charge in [-0.1, -0.05) is 18.2 Å². The zero-order valence-corrected chi connectivity index (χ0v) is 58.8.